The molecule has 0 saturated carbocycles. The molecule has 0 bridgehead atoms. The maximum absolute atomic E-state index is 12.7. The Morgan fingerprint density at radius 3 is 2.40 bits per heavy atom. The number of benzene rings is 1. The number of thiophene rings is 1. The second-order valence-corrected chi connectivity index (χ2v) is 7.45. The number of hydrogen-bond donors (Lipinski definition) is 0. The van der Waals surface area contributed by atoms with Gasteiger partial charge in [0.15, 0.2) is 0 Å². The molecule has 128 valence electrons. The summed E-state index contributed by atoms with van der Waals surface area (Å²) in [4.78, 5) is 29.3. The van der Waals surface area contributed by atoms with E-state index in [1.54, 1.807) is 46.2 Å². The molecule has 3 rings (SSSR count). The normalized spacial score (nSPS) is 14.7. The van der Waals surface area contributed by atoms with E-state index in [-0.39, 0.29) is 11.8 Å². The average molecular weight is 374 g/mol. The van der Waals surface area contributed by atoms with Crippen molar-refractivity contribution < 1.29 is 9.59 Å². The Bertz CT molecular complexity index is 843. The number of nitriles is 1. The minimum atomic E-state index is -0.106. The van der Waals surface area contributed by atoms with Crippen molar-refractivity contribution in [3.63, 3.8) is 0 Å². The minimum Gasteiger partial charge on any atom is -0.337 e. The van der Waals surface area contributed by atoms with Crippen LogP contribution in [0.4, 0.5) is 0 Å². The summed E-state index contributed by atoms with van der Waals surface area (Å²) >= 11 is 7.17. The van der Waals surface area contributed by atoms with Gasteiger partial charge in [-0.25, -0.2) is 0 Å². The SMILES string of the molecule is N#Cc1cccc(C(=O)N2CCCN(C(=O)c3ccc(Cl)s3)CC2)c1. The Morgan fingerprint density at radius 2 is 1.76 bits per heavy atom. The molecule has 0 N–H and O–H groups in total. The summed E-state index contributed by atoms with van der Waals surface area (Å²) in [7, 11) is 0. The average Bonchev–Trinajstić information content (AvgIpc) is 2.93. The number of rotatable bonds is 2. The summed E-state index contributed by atoms with van der Waals surface area (Å²) in [6, 6.07) is 12.2. The van der Waals surface area contributed by atoms with Crippen molar-refractivity contribution in [2.45, 2.75) is 6.42 Å². The fraction of sp³-hybridized carbons (Fsp3) is 0.278. The lowest BCUT2D eigenvalue weighted by molar-refractivity contribution is 0.0721. The van der Waals surface area contributed by atoms with E-state index in [1.807, 2.05) is 6.07 Å². The first kappa shape index (κ1) is 17.5. The van der Waals surface area contributed by atoms with Crippen LogP contribution in [0.1, 0.15) is 32.0 Å². The van der Waals surface area contributed by atoms with Crippen molar-refractivity contribution in [1.82, 2.24) is 9.80 Å². The summed E-state index contributed by atoms with van der Waals surface area (Å²) < 4.78 is 0.590. The van der Waals surface area contributed by atoms with Crippen LogP contribution in [0, 0.1) is 11.3 Å². The van der Waals surface area contributed by atoms with E-state index >= 15 is 0 Å². The molecule has 2 heterocycles. The van der Waals surface area contributed by atoms with E-state index in [2.05, 4.69) is 0 Å². The molecule has 2 aromatic rings. The number of carbonyl (C=O) groups excluding carboxylic acids is 2. The van der Waals surface area contributed by atoms with Gasteiger partial charge in [0.25, 0.3) is 11.8 Å². The fourth-order valence-electron chi connectivity index (χ4n) is 2.81. The number of carbonyl (C=O) groups is 2. The standard InChI is InChI=1S/C18H16ClN3O2S/c19-16-6-5-15(25-16)18(24)22-8-2-7-21(9-10-22)17(23)14-4-1-3-13(11-14)12-20/h1,3-6,11H,2,7-10H2. The highest BCUT2D eigenvalue weighted by Gasteiger charge is 2.24. The molecule has 2 amide bonds. The molecular weight excluding hydrogens is 358 g/mol. The van der Waals surface area contributed by atoms with Crippen molar-refractivity contribution in [2.24, 2.45) is 0 Å². The number of halogens is 1. The van der Waals surface area contributed by atoms with Crippen LogP contribution in [0.2, 0.25) is 4.34 Å². The molecule has 1 fully saturated rings. The molecule has 0 aliphatic carbocycles. The zero-order chi connectivity index (χ0) is 17.8. The van der Waals surface area contributed by atoms with Gasteiger partial charge in [-0.05, 0) is 36.8 Å². The van der Waals surface area contributed by atoms with E-state index < -0.39 is 0 Å². The fourth-order valence-corrected chi connectivity index (χ4v) is 3.82. The van der Waals surface area contributed by atoms with Crippen LogP contribution in [-0.4, -0.2) is 47.8 Å². The zero-order valence-corrected chi connectivity index (χ0v) is 15.0. The second kappa shape index (κ2) is 7.68. The van der Waals surface area contributed by atoms with Gasteiger partial charge in [0, 0.05) is 31.7 Å². The Morgan fingerprint density at radius 1 is 1.04 bits per heavy atom. The van der Waals surface area contributed by atoms with E-state index in [0.717, 1.165) is 0 Å². The lowest BCUT2D eigenvalue weighted by Crippen LogP contribution is -2.37. The maximum atomic E-state index is 12.7. The molecule has 1 aliphatic heterocycles. The molecule has 1 saturated heterocycles. The van der Waals surface area contributed by atoms with Crippen molar-refractivity contribution in [2.75, 3.05) is 26.2 Å². The van der Waals surface area contributed by atoms with Gasteiger partial charge in [-0.3, -0.25) is 9.59 Å². The zero-order valence-electron chi connectivity index (χ0n) is 13.4. The predicted molar refractivity (Wildman–Crippen MR) is 96.9 cm³/mol. The van der Waals surface area contributed by atoms with Gasteiger partial charge in [-0.2, -0.15) is 5.26 Å². The Balaban J connectivity index is 1.68. The van der Waals surface area contributed by atoms with Crippen LogP contribution in [-0.2, 0) is 0 Å². The molecule has 1 aromatic heterocycles. The van der Waals surface area contributed by atoms with Crippen LogP contribution < -0.4 is 0 Å². The third-order valence-corrected chi connectivity index (χ3v) is 5.31. The van der Waals surface area contributed by atoms with Gasteiger partial charge in [-0.15, -0.1) is 11.3 Å². The quantitative estimate of drug-likeness (QED) is 0.811. The first-order valence-corrected chi connectivity index (χ1v) is 9.12. The smallest absolute Gasteiger partial charge is 0.264 e. The lowest BCUT2D eigenvalue weighted by Gasteiger charge is -2.22. The third-order valence-electron chi connectivity index (χ3n) is 4.09. The first-order valence-electron chi connectivity index (χ1n) is 7.92. The Hall–Kier alpha value is -2.36. The summed E-state index contributed by atoms with van der Waals surface area (Å²) in [5.74, 6) is -0.150. The summed E-state index contributed by atoms with van der Waals surface area (Å²) in [6.07, 6.45) is 0.717. The van der Waals surface area contributed by atoms with Gasteiger partial charge in [0.05, 0.1) is 20.8 Å². The highest BCUT2D eigenvalue weighted by molar-refractivity contribution is 7.17. The molecule has 1 aromatic carbocycles. The van der Waals surface area contributed by atoms with Gasteiger partial charge in [0.1, 0.15) is 0 Å². The highest BCUT2D eigenvalue weighted by Crippen LogP contribution is 2.23. The molecule has 7 heteroatoms. The van der Waals surface area contributed by atoms with Crippen LogP contribution in [0.3, 0.4) is 0 Å². The van der Waals surface area contributed by atoms with Crippen LogP contribution in [0.5, 0.6) is 0 Å². The molecule has 0 radical (unpaired) electrons. The minimum absolute atomic E-state index is 0.0438. The Kier molecular flexibility index (Phi) is 5.37. The van der Waals surface area contributed by atoms with E-state index in [0.29, 0.717) is 52.9 Å². The van der Waals surface area contributed by atoms with Crippen molar-refractivity contribution in [1.29, 1.82) is 5.26 Å². The summed E-state index contributed by atoms with van der Waals surface area (Å²) in [5, 5.41) is 8.98. The summed E-state index contributed by atoms with van der Waals surface area (Å²) in [5.41, 5.74) is 0.968. The maximum Gasteiger partial charge on any atom is 0.264 e. The molecular formula is C18H16ClN3O2S. The van der Waals surface area contributed by atoms with E-state index in [4.69, 9.17) is 16.9 Å². The highest BCUT2D eigenvalue weighted by atomic mass is 35.5. The summed E-state index contributed by atoms with van der Waals surface area (Å²) in [6.45, 7) is 2.15. The van der Waals surface area contributed by atoms with Gasteiger partial charge >= 0.3 is 0 Å². The lowest BCUT2D eigenvalue weighted by atomic mass is 10.1. The molecule has 0 spiro atoms. The molecule has 25 heavy (non-hydrogen) atoms. The van der Waals surface area contributed by atoms with Crippen LogP contribution in [0.15, 0.2) is 36.4 Å². The molecule has 5 nitrogen and oxygen atoms in total. The van der Waals surface area contributed by atoms with E-state index in [9.17, 15) is 9.59 Å². The van der Waals surface area contributed by atoms with Gasteiger partial charge < -0.3 is 9.80 Å². The predicted octanol–water partition coefficient (Wildman–Crippen LogP) is 3.26. The molecule has 1 aliphatic rings. The Labute approximate surface area is 155 Å². The van der Waals surface area contributed by atoms with E-state index in [1.165, 1.54) is 11.3 Å². The number of hydrogen-bond acceptors (Lipinski definition) is 4. The van der Waals surface area contributed by atoms with Gasteiger partial charge in [0.2, 0.25) is 0 Å². The largest absolute Gasteiger partial charge is 0.337 e. The van der Waals surface area contributed by atoms with Crippen LogP contribution >= 0.6 is 22.9 Å². The third kappa shape index (κ3) is 4.01. The van der Waals surface area contributed by atoms with Crippen molar-refractivity contribution >= 4 is 34.8 Å². The number of nitrogens with zero attached hydrogens (tertiary/aromatic N) is 3. The van der Waals surface area contributed by atoms with Crippen molar-refractivity contribution in [3.8, 4) is 6.07 Å². The topological polar surface area (TPSA) is 64.4 Å². The number of amides is 2. The first-order chi connectivity index (χ1) is 12.1. The molecule has 0 atom stereocenters. The van der Waals surface area contributed by atoms with Gasteiger partial charge in [-0.1, -0.05) is 17.7 Å². The monoisotopic (exact) mass is 373 g/mol. The second-order valence-electron chi connectivity index (χ2n) is 5.73. The molecule has 0 unspecified atom stereocenters. The van der Waals surface area contributed by atoms with Crippen molar-refractivity contribution in [3.05, 3.63) is 56.7 Å². The van der Waals surface area contributed by atoms with Crippen LogP contribution in [0.25, 0.3) is 0 Å².